The van der Waals surface area contributed by atoms with Crippen LogP contribution < -0.4 is 10.5 Å². The summed E-state index contributed by atoms with van der Waals surface area (Å²) >= 11 is 6.29. The molecule has 3 aromatic rings. The second kappa shape index (κ2) is 9.15. The Kier molecular flexibility index (Phi) is 6.45. The van der Waals surface area contributed by atoms with Gasteiger partial charge in [-0.05, 0) is 41.8 Å². The third-order valence-corrected chi connectivity index (χ3v) is 7.71. The fourth-order valence-corrected chi connectivity index (χ4v) is 5.58. The van der Waals surface area contributed by atoms with Gasteiger partial charge < -0.3 is 15.6 Å². The van der Waals surface area contributed by atoms with Gasteiger partial charge in [0.15, 0.2) is 5.60 Å². The zero-order valence-electron chi connectivity index (χ0n) is 17.6. The summed E-state index contributed by atoms with van der Waals surface area (Å²) in [5, 5.41) is 9.48. The molecule has 1 unspecified atom stereocenters. The maximum absolute atomic E-state index is 13.3. The Balaban J connectivity index is 1.60. The molecule has 1 atom stereocenters. The van der Waals surface area contributed by atoms with Crippen LogP contribution in [0.2, 0.25) is 5.02 Å². The van der Waals surface area contributed by atoms with E-state index < -0.39 is 27.6 Å². The maximum atomic E-state index is 13.3. The first-order valence-corrected chi connectivity index (χ1v) is 12.1. The lowest BCUT2D eigenvalue weighted by atomic mass is 9.87. The van der Waals surface area contributed by atoms with E-state index in [-0.39, 0.29) is 24.4 Å². The second-order valence-electron chi connectivity index (χ2n) is 7.96. The second-order valence-corrected chi connectivity index (χ2v) is 10.3. The van der Waals surface area contributed by atoms with Gasteiger partial charge in [-0.2, -0.15) is 4.31 Å². The van der Waals surface area contributed by atoms with E-state index in [0.717, 1.165) is 5.56 Å². The first kappa shape index (κ1) is 23.3. The molecular formula is C24H23ClN2O5S. The summed E-state index contributed by atoms with van der Waals surface area (Å²) in [5.74, 6) is -0.667. The van der Waals surface area contributed by atoms with Crippen molar-refractivity contribution < 1.29 is 23.1 Å². The van der Waals surface area contributed by atoms with E-state index in [2.05, 4.69) is 0 Å². The molecule has 0 saturated carbocycles. The van der Waals surface area contributed by atoms with Crippen molar-refractivity contribution >= 4 is 27.6 Å². The van der Waals surface area contributed by atoms with Crippen LogP contribution >= 0.6 is 11.6 Å². The number of aliphatic carboxylic acids is 1. The molecule has 1 aliphatic rings. The number of para-hydroxylation sites is 1. The van der Waals surface area contributed by atoms with Crippen LogP contribution in [0.15, 0.2) is 83.8 Å². The van der Waals surface area contributed by atoms with E-state index in [1.165, 1.54) is 16.4 Å². The highest BCUT2D eigenvalue weighted by Crippen LogP contribution is 2.41. The molecule has 0 amide bonds. The van der Waals surface area contributed by atoms with Crippen molar-refractivity contribution in [3.8, 4) is 5.75 Å². The van der Waals surface area contributed by atoms with Crippen LogP contribution in [0.3, 0.4) is 0 Å². The summed E-state index contributed by atoms with van der Waals surface area (Å²) in [7, 11) is -3.83. The molecule has 9 heteroatoms. The zero-order valence-corrected chi connectivity index (χ0v) is 19.2. The van der Waals surface area contributed by atoms with Crippen LogP contribution in [0.25, 0.3) is 0 Å². The molecule has 3 aromatic carbocycles. The fourth-order valence-electron chi connectivity index (χ4n) is 3.80. The number of ether oxygens (including phenoxy) is 1. The van der Waals surface area contributed by atoms with E-state index >= 15 is 0 Å². The molecule has 0 radical (unpaired) electrons. The molecule has 0 aromatic heterocycles. The summed E-state index contributed by atoms with van der Waals surface area (Å²) in [6.45, 7) is 0.201. The summed E-state index contributed by atoms with van der Waals surface area (Å²) in [5.41, 5.74) is 6.10. The number of hydrogen-bond donors (Lipinski definition) is 2. The number of carboxylic acid groups (broad SMARTS) is 1. The lowest BCUT2D eigenvalue weighted by Crippen LogP contribution is -2.64. The van der Waals surface area contributed by atoms with Crippen LogP contribution in [0.1, 0.15) is 11.1 Å². The van der Waals surface area contributed by atoms with Gasteiger partial charge in [0.05, 0.1) is 23.0 Å². The number of halogens is 1. The van der Waals surface area contributed by atoms with Gasteiger partial charge in [-0.25, -0.2) is 8.42 Å². The van der Waals surface area contributed by atoms with Crippen LogP contribution in [0, 0.1) is 0 Å². The lowest BCUT2D eigenvalue weighted by molar-refractivity contribution is -0.138. The fraction of sp³-hybridized carbons (Fsp3) is 0.208. The van der Waals surface area contributed by atoms with Crippen molar-refractivity contribution in [3.63, 3.8) is 0 Å². The number of hydrogen-bond acceptors (Lipinski definition) is 5. The van der Waals surface area contributed by atoms with Gasteiger partial charge in [-0.3, -0.25) is 4.79 Å². The van der Waals surface area contributed by atoms with E-state index in [4.69, 9.17) is 27.2 Å². The first-order chi connectivity index (χ1) is 15.7. The van der Waals surface area contributed by atoms with Crippen LogP contribution in [0.4, 0.5) is 0 Å². The van der Waals surface area contributed by atoms with E-state index in [9.17, 15) is 13.2 Å². The molecule has 1 fully saturated rings. The molecule has 1 aliphatic heterocycles. The number of carboxylic acids is 1. The lowest BCUT2D eigenvalue weighted by Gasteiger charge is -2.49. The van der Waals surface area contributed by atoms with Gasteiger partial charge in [0.2, 0.25) is 10.0 Å². The number of nitrogens with two attached hydrogens (primary N) is 1. The molecule has 0 aliphatic carbocycles. The first-order valence-electron chi connectivity index (χ1n) is 10.3. The standard InChI is InChI=1S/C24H23ClN2O5S/c25-20-11-4-5-12-22(20)32-24(18-8-2-1-3-9-18)15-27(16-24)33(30,31)19-10-6-7-17(13-19)14-21(26)23(28)29/h1-13,21H,14-16,26H2,(H,28,29). The Morgan fingerprint density at radius 2 is 1.73 bits per heavy atom. The Hall–Kier alpha value is -2.91. The Bertz CT molecular complexity index is 1260. The highest BCUT2D eigenvalue weighted by atomic mass is 35.5. The van der Waals surface area contributed by atoms with Gasteiger partial charge >= 0.3 is 5.97 Å². The minimum Gasteiger partial charge on any atom is -0.480 e. The molecule has 0 spiro atoms. The van der Waals surface area contributed by atoms with Gasteiger partial charge in [0, 0.05) is 0 Å². The van der Waals surface area contributed by atoms with Crippen molar-refractivity contribution in [1.29, 1.82) is 0 Å². The average Bonchev–Trinajstić information content (AvgIpc) is 2.77. The van der Waals surface area contributed by atoms with Gasteiger partial charge in [0.1, 0.15) is 11.8 Å². The van der Waals surface area contributed by atoms with Crippen LogP contribution in [0.5, 0.6) is 5.75 Å². The van der Waals surface area contributed by atoms with E-state index in [1.54, 1.807) is 36.4 Å². The quantitative estimate of drug-likeness (QED) is 0.505. The molecule has 1 saturated heterocycles. The third kappa shape index (κ3) is 4.74. The summed E-state index contributed by atoms with van der Waals surface area (Å²) in [6.07, 6.45) is 0.0300. The van der Waals surface area contributed by atoms with E-state index in [1.807, 2.05) is 30.3 Å². The number of nitrogens with zero attached hydrogens (tertiary/aromatic N) is 1. The monoisotopic (exact) mass is 486 g/mol. The van der Waals surface area contributed by atoms with Gasteiger partial charge in [0.25, 0.3) is 0 Å². The molecular weight excluding hydrogens is 464 g/mol. The maximum Gasteiger partial charge on any atom is 0.320 e. The molecule has 0 bridgehead atoms. The largest absolute Gasteiger partial charge is 0.480 e. The number of rotatable bonds is 8. The average molecular weight is 487 g/mol. The van der Waals surface area contributed by atoms with E-state index in [0.29, 0.717) is 16.3 Å². The zero-order chi connectivity index (χ0) is 23.6. The van der Waals surface area contributed by atoms with Crippen LogP contribution in [-0.2, 0) is 26.8 Å². The minimum atomic E-state index is -3.83. The highest BCUT2D eigenvalue weighted by molar-refractivity contribution is 7.89. The molecule has 4 rings (SSSR count). The minimum absolute atomic E-state index is 0.0300. The molecule has 7 nitrogen and oxygen atoms in total. The topological polar surface area (TPSA) is 110 Å². The van der Waals surface area contributed by atoms with Crippen molar-refractivity contribution in [2.75, 3.05) is 13.1 Å². The van der Waals surface area contributed by atoms with Crippen LogP contribution in [-0.4, -0.2) is 42.9 Å². The Labute approximate surface area is 197 Å². The molecule has 33 heavy (non-hydrogen) atoms. The number of carbonyl (C=O) groups is 1. The summed E-state index contributed by atoms with van der Waals surface area (Å²) in [4.78, 5) is 11.1. The molecule has 1 heterocycles. The molecule has 3 N–H and O–H groups in total. The summed E-state index contributed by atoms with van der Waals surface area (Å²) < 4.78 is 34.3. The van der Waals surface area contributed by atoms with Crippen molar-refractivity contribution in [2.24, 2.45) is 5.73 Å². The normalized spacial score (nSPS) is 16.5. The van der Waals surface area contributed by atoms with Gasteiger partial charge in [-0.1, -0.05) is 66.2 Å². The molecule has 172 valence electrons. The predicted octanol–water partition coefficient (Wildman–Crippen LogP) is 3.27. The predicted molar refractivity (Wildman–Crippen MR) is 125 cm³/mol. The van der Waals surface area contributed by atoms with Crippen molar-refractivity contribution in [2.45, 2.75) is 23.0 Å². The smallest absolute Gasteiger partial charge is 0.320 e. The van der Waals surface area contributed by atoms with Crippen molar-refractivity contribution in [1.82, 2.24) is 4.31 Å². The Morgan fingerprint density at radius 1 is 1.06 bits per heavy atom. The third-order valence-electron chi connectivity index (χ3n) is 5.61. The highest BCUT2D eigenvalue weighted by Gasteiger charge is 2.52. The van der Waals surface area contributed by atoms with Gasteiger partial charge in [-0.15, -0.1) is 0 Å². The van der Waals surface area contributed by atoms with Crippen molar-refractivity contribution in [3.05, 3.63) is 95.0 Å². The summed E-state index contributed by atoms with van der Waals surface area (Å²) in [6, 6.07) is 21.6. The number of benzene rings is 3. The Morgan fingerprint density at radius 3 is 2.39 bits per heavy atom. The number of sulfonamides is 1. The SMILES string of the molecule is NC(Cc1cccc(S(=O)(=O)N2CC(Oc3ccccc3Cl)(c3ccccc3)C2)c1)C(=O)O.